The van der Waals surface area contributed by atoms with E-state index in [1.54, 1.807) is 16.7 Å². The highest BCUT2D eigenvalue weighted by molar-refractivity contribution is 7.99. The summed E-state index contributed by atoms with van der Waals surface area (Å²) in [4.78, 5) is 15.3. The number of thioether (sulfide) groups is 1. The van der Waals surface area contributed by atoms with E-state index in [0.29, 0.717) is 22.1 Å². The third-order valence-electron chi connectivity index (χ3n) is 2.27. The van der Waals surface area contributed by atoms with Gasteiger partial charge in [-0.1, -0.05) is 6.07 Å². The smallest absolute Gasteiger partial charge is 0.169 e. The van der Waals surface area contributed by atoms with Gasteiger partial charge in [0.25, 0.3) is 0 Å². The van der Waals surface area contributed by atoms with E-state index in [1.165, 1.54) is 11.8 Å². The second-order valence-corrected chi connectivity index (χ2v) is 4.50. The van der Waals surface area contributed by atoms with Crippen molar-refractivity contribution in [2.45, 2.75) is 11.1 Å². The zero-order chi connectivity index (χ0) is 12.3. The molecule has 0 saturated carbocycles. The highest BCUT2D eigenvalue weighted by Gasteiger charge is 2.13. The van der Waals surface area contributed by atoms with Gasteiger partial charge in [-0.2, -0.15) is 0 Å². The van der Waals surface area contributed by atoms with E-state index in [-0.39, 0.29) is 6.61 Å². The molecule has 5 nitrogen and oxygen atoms in total. The molecule has 2 N–H and O–H groups in total. The minimum absolute atomic E-state index is 0.295. The summed E-state index contributed by atoms with van der Waals surface area (Å²) >= 11 is 1.26. The first-order valence-corrected chi connectivity index (χ1v) is 6.08. The van der Waals surface area contributed by atoms with Gasteiger partial charge in [-0.3, -0.25) is 9.20 Å². The molecule has 2 rings (SSSR count). The monoisotopic (exact) mass is 252 g/mol. The molecule has 0 fully saturated rings. The molecule has 0 aliphatic heterocycles. The Labute approximate surface area is 102 Å². The van der Waals surface area contributed by atoms with Crippen LogP contribution in [0.3, 0.4) is 0 Å². The second-order valence-electron chi connectivity index (χ2n) is 3.50. The van der Waals surface area contributed by atoms with Crippen molar-refractivity contribution >= 4 is 23.7 Å². The molecule has 0 aromatic carbocycles. The minimum Gasteiger partial charge on any atom is -0.394 e. The predicted octanol–water partition coefficient (Wildman–Crippen LogP) is 0.592. The third kappa shape index (κ3) is 2.49. The van der Waals surface area contributed by atoms with Gasteiger partial charge in [0.1, 0.15) is 16.4 Å². The molecule has 0 aliphatic rings. The van der Waals surface area contributed by atoms with Gasteiger partial charge in [0.15, 0.2) is 6.29 Å². The summed E-state index contributed by atoms with van der Waals surface area (Å²) in [5.74, 6) is 0.307. The van der Waals surface area contributed by atoms with Gasteiger partial charge in [0.2, 0.25) is 0 Å². The molecule has 2 aromatic rings. The average Bonchev–Trinajstić information content (AvgIpc) is 2.73. The van der Waals surface area contributed by atoms with Crippen LogP contribution in [-0.2, 0) is 0 Å². The van der Waals surface area contributed by atoms with Crippen LogP contribution < -0.4 is 0 Å². The van der Waals surface area contributed by atoms with E-state index < -0.39 is 6.10 Å². The van der Waals surface area contributed by atoms with Crippen molar-refractivity contribution < 1.29 is 15.0 Å². The van der Waals surface area contributed by atoms with Crippen LogP contribution in [0.5, 0.6) is 0 Å². The maximum Gasteiger partial charge on any atom is 0.169 e. The van der Waals surface area contributed by atoms with Crippen LogP contribution in [0.15, 0.2) is 29.4 Å². The molecule has 0 spiro atoms. The molecular formula is C11H12N2O3S. The zero-order valence-electron chi connectivity index (χ0n) is 8.98. The summed E-state index contributed by atoms with van der Waals surface area (Å²) in [6.07, 6.45) is 1.70. The topological polar surface area (TPSA) is 74.8 Å². The predicted molar refractivity (Wildman–Crippen MR) is 64.4 cm³/mol. The summed E-state index contributed by atoms with van der Waals surface area (Å²) in [7, 11) is 0. The van der Waals surface area contributed by atoms with Crippen molar-refractivity contribution in [2.24, 2.45) is 0 Å². The van der Waals surface area contributed by atoms with Crippen LogP contribution in [0.1, 0.15) is 10.5 Å². The standard InChI is InChI=1S/C11H12N2O3S/c14-5-8(16)7-17-11-9(6-15)13-4-2-1-3-10(13)12-11/h1-4,6,8,14,16H,5,7H2. The average molecular weight is 252 g/mol. The second kappa shape index (κ2) is 5.31. The number of hydrogen-bond donors (Lipinski definition) is 2. The lowest BCUT2D eigenvalue weighted by molar-refractivity contribution is 0.111. The fourth-order valence-electron chi connectivity index (χ4n) is 1.43. The van der Waals surface area contributed by atoms with Crippen LogP contribution in [0.2, 0.25) is 0 Å². The Morgan fingerprint density at radius 2 is 2.35 bits per heavy atom. The first-order chi connectivity index (χ1) is 8.26. The Morgan fingerprint density at radius 3 is 3.06 bits per heavy atom. The molecule has 0 bridgehead atoms. The molecular weight excluding hydrogens is 240 g/mol. The van der Waals surface area contributed by atoms with Crippen molar-refractivity contribution in [1.29, 1.82) is 0 Å². The van der Waals surface area contributed by atoms with E-state index in [1.807, 2.05) is 12.1 Å². The van der Waals surface area contributed by atoms with Crippen molar-refractivity contribution in [3.8, 4) is 0 Å². The van der Waals surface area contributed by atoms with Crippen LogP contribution in [-0.4, -0.2) is 44.3 Å². The summed E-state index contributed by atoms with van der Waals surface area (Å²) in [6, 6.07) is 5.46. The highest BCUT2D eigenvalue weighted by Crippen LogP contribution is 2.22. The Morgan fingerprint density at radius 1 is 1.53 bits per heavy atom. The van der Waals surface area contributed by atoms with Gasteiger partial charge in [0, 0.05) is 11.9 Å². The van der Waals surface area contributed by atoms with Crippen LogP contribution >= 0.6 is 11.8 Å². The Balaban J connectivity index is 2.30. The number of aldehydes is 1. The van der Waals surface area contributed by atoms with Crippen molar-refractivity contribution in [3.63, 3.8) is 0 Å². The van der Waals surface area contributed by atoms with Crippen LogP contribution in [0, 0.1) is 0 Å². The number of rotatable bonds is 5. The van der Waals surface area contributed by atoms with E-state index in [4.69, 9.17) is 5.11 Å². The molecule has 0 saturated heterocycles. The van der Waals surface area contributed by atoms with Gasteiger partial charge in [-0.05, 0) is 12.1 Å². The number of aliphatic hydroxyl groups excluding tert-OH is 2. The first kappa shape index (κ1) is 12.1. The molecule has 0 radical (unpaired) electrons. The van der Waals surface area contributed by atoms with E-state index in [9.17, 15) is 9.90 Å². The van der Waals surface area contributed by atoms with E-state index in [0.717, 1.165) is 6.29 Å². The molecule has 1 atom stereocenters. The number of carbonyl (C=O) groups is 1. The van der Waals surface area contributed by atoms with Crippen LogP contribution in [0.4, 0.5) is 0 Å². The van der Waals surface area contributed by atoms with Crippen molar-refractivity contribution in [2.75, 3.05) is 12.4 Å². The maximum atomic E-state index is 11.0. The summed E-state index contributed by atoms with van der Waals surface area (Å²) < 4.78 is 1.70. The van der Waals surface area contributed by atoms with Crippen LogP contribution in [0.25, 0.3) is 5.65 Å². The lowest BCUT2D eigenvalue weighted by Gasteiger charge is -2.04. The molecule has 0 aliphatic carbocycles. The summed E-state index contributed by atoms with van der Waals surface area (Å²) in [5.41, 5.74) is 1.16. The molecule has 1 unspecified atom stereocenters. The number of aromatic nitrogens is 2. The largest absolute Gasteiger partial charge is 0.394 e. The Hall–Kier alpha value is -1.37. The van der Waals surface area contributed by atoms with Gasteiger partial charge in [-0.15, -0.1) is 11.8 Å². The van der Waals surface area contributed by atoms with E-state index >= 15 is 0 Å². The molecule has 17 heavy (non-hydrogen) atoms. The van der Waals surface area contributed by atoms with Gasteiger partial charge in [-0.25, -0.2) is 4.98 Å². The zero-order valence-corrected chi connectivity index (χ0v) is 9.80. The lowest BCUT2D eigenvalue weighted by atomic mass is 10.4. The highest BCUT2D eigenvalue weighted by atomic mass is 32.2. The SMILES string of the molecule is O=Cc1c(SCC(O)CO)nc2ccccn12. The summed E-state index contributed by atoms with van der Waals surface area (Å²) in [6.45, 7) is -0.295. The molecule has 0 amide bonds. The number of carbonyl (C=O) groups excluding carboxylic acids is 1. The Kier molecular flexibility index (Phi) is 3.78. The van der Waals surface area contributed by atoms with Gasteiger partial charge >= 0.3 is 0 Å². The molecule has 6 heteroatoms. The van der Waals surface area contributed by atoms with Crippen molar-refractivity contribution in [3.05, 3.63) is 30.1 Å². The molecule has 2 heterocycles. The number of pyridine rings is 1. The van der Waals surface area contributed by atoms with Gasteiger partial charge in [0.05, 0.1) is 12.7 Å². The molecule has 90 valence electrons. The summed E-state index contributed by atoms with van der Waals surface area (Å²) in [5, 5.41) is 18.6. The number of imidazole rings is 1. The Bertz CT molecular complexity index is 526. The lowest BCUT2D eigenvalue weighted by Crippen LogP contribution is -2.14. The fraction of sp³-hybridized carbons (Fsp3) is 0.273. The quantitative estimate of drug-likeness (QED) is 0.602. The minimum atomic E-state index is -0.802. The number of nitrogens with zero attached hydrogens (tertiary/aromatic N) is 2. The fourth-order valence-corrected chi connectivity index (χ4v) is 2.34. The number of hydrogen-bond acceptors (Lipinski definition) is 5. The maximum absolute atomic E-state index is 11.0. The van der Waals surface area contributed by atoms with E-state index in [2.05, 4.69) is 4.98 Å². The van der Waals surface area contributed by atoms with Crippen molar-refractivity contribution in [1.82, 2.24) is 9.38 Å². The normalized spacial score (nSPS) is 12.8. The number of aliphatic hydroxyl groups is 2. The van der Waals surface area contributed by atoms with Gasteiger partial charge < -0.3 is 10.2 Å². The molecule has 2 aromatic heterocycles. The first-order valence-electron chi connectivity index (χ1n) is 5.10. The number of fused-ring (bicyclic) bond motifs is 1. The third-order valence-corrected chi connectivity index (χ3v) is 3.39.